The van der Waals surface area contributed by atoms with Crippen molar-refractivity contribution in [2.45, 2.75) is 43.5 Å². The number of halogens is 1. The van der Waals surface area contributed by atoms with Crippen LogP contribution in [0.4, 0.5) is 4.39 Å². The summed E-state index contributed by atoms with van der Waals surface area (Å²) in [5.74, 6) is -0.445. The molecule has 0 unspecified atom stereocenters. The van der Waals surface area contributed by atoms with Crippen LogP contribution in [0.5, 0.6) is 0 Å². The Morgan fingerprint density at radius 2 is 1.90 bits per heavy atom. The van der Waals surface area contributed by atoms with Gasteiger partial charge in [0.25, 0.3) is 0 Å². The first kappa shape index (κ1) is 16.4. The van der Waals surface area contributed by atoms with Gasteiger partial charge in [0.05, 0.1) is 0 Å². The summed E-state index contributed by atoms with van der Waals surface area (Å²) in [7, 11) is -2.30. The van der Waals surface area contributed by atoms with E-state index in [1.807, 2.05) is 0 Å². The first-order valence-corrected chi connectivity index (χ1v) is 8.65. The van der Waals surface area contributed by atoms with Gasteiger partial charge >= 0.3 is 0 Å². The third-order valence-electron chi connectivity index (χ3n) is 4.33. The topological polar surface area (TPSA) is 57.6 Å². The van der Waals surface area contributed by atoms with Gasteiger partial charge in [-0.2, -0.15) is 4.31 Å². The van der Waals surface area contributed by atoms with Crippen molar-refractivity contribution in [1.82, 2.24) is 4.31 Å². The second kappa shape index (κ2) is 6.42. The van der Waals surface area contributed by atoms with Crippen LogP contribution >= 0.6 is 0 Å². The monoisotopic (exact) mass is 315 g/mol. The summed E-state index contributed by atoms with van der Waals surface area (Å²) in [6.07, 6.45) is 3.01. The van der Waals surface area contributed by atoms with E-state index in [0.717, 1.165) is 12.8 Å². The molecule has 0 heterocycles. The first-order chi connectivity index (χ1) is 9.86. The molecule has 0 bridgehead atoms. The predicted octanol–water partition coefficient (Wildman–Crippen LogP) is 2.31. The highest BCUT2D eigenvalue weighted by Gasteiger charge is 2.32. The third kappa shape index (κ3) is 3.44. The number of benzene rings is 1. The normalized spacial score (nSPS) is 23.5. The number of sulfonamides is 1. The fourth-order valence-corrected chi connectivity index (χ4v) is 4.32. The molecule has 1 aromatic carbocycles. The van der Waals surface area contributed by atoms with Crippen molar-refractivity contribution in [1.29, 1.82) is 0 Å². The second-order valence-electron chi connectivity index (χ2n) is 5.81. The molecule has 6 heteroatoms. The molecule has 1 aliphatic rings. The maximum absolute atomic E-state index is 14.0. The van der Waals surface area contributed by atoms with Crippen molar-refractivity contribution < 1.29 is 17.9 Å². The van der Waals surface area contributed by atoms with Gasteiger partial charge in [-0.1, -0.05) is 6.07 Å². The molecule has 4 nitrogen and oxygen atoms in total. The third-order valence-corrected chi connectivity index (χ3v) is 6.28. The van der Waals surface area contributed by atoms with E-state index in [2.05, 4.69) is 0 Å². The van der Waals surface area contributed by atoms with Gasteiger partial charge in [-0.25, -0.2) is 12.8 Å². The molecule has 0 aliphatic heterocycles. The summed E-state index contributed by atoms with van der Waals surface area (Å²) in [5.41, 5.74) is 0.692. The van der Waals surface area contributed by atoms with Crippen LogP contribution in [0.1, 0.15) is 31.2 Å². The number of aryl methyl sites for hydroxylation is 1. The zero-order chi connectivity index (χ0) is 15.6. The lowest BCUT2D eigenvalue weighted by Crippen LogP contribution is -2.40. The molecular formula is C15H22FNO3S. The van der Waals surface area contributed by atoms with E-state index in [1.165, 1.54) is 23.5 Å². The molecule has 0 radical (unpaired) electrons. The minimum Gasteiger partial charge on any atom is -0.396 e. The smallest absolute Gasteiger partial charge is 0.245 e. The molecule has 0 spiro atoms. The Hall–Kier alpha value is -0.980. The minimum absolute atomic E-state index is 0.126. The zero-order valence-corrected chi connectivity index (χ0v) is 13.2. The molecule has 1 fully saturated rings. The highest BCUT2D eigenvalue weighted by molar-refractivity contribution is 7.89. The Balaban J connectivity index is 2.19. The maximum atomic E-state index is 14.0. The van der Waals surface area contributed by atoms with Crippen molar-refractivity contribution in [3.63, 3.8) is 0 Å². The predicted molar refractivity (Wildman–Crippen MR) is 78.9 cm³/mol. The highest BCUT2D eigenvalue weighted by atomic mass is 32.2. The minimum atomic E-state index is -3.81. The largest absolute Gasteiger partial charge is 0.396 e. The van der Waals surface area contributed by atoms with E-state index in [1.54, 1.807) is 13.0 Å². The van der Waals surface area contributed by atoms with Gasteiger partial charge in [0.1, 0.15) is 10.7 Å². The van der Waals surface area contributed by atoms with Gasteiger partial charge in [-0.05, 0) is 56.2 Å². The Morgan fingerprint density at radius 3 is 2.43 bits per heavy atom. The fraction of sp³-hybridized carbons (Fsp3) is 0.600. The average molecular weight is 315 g/mol. The van der Waals surface area contributed by atoms with E-state index in [0.29, 0.717) is 18.4 Å². The molecule has 1 aromatic rings. The van der Waals surface area contributed by atoms with E-state index in [-0.39, 0.29) is 23.5 Å². The molecule has 1 aliphatic carbocycles. The molecule has 2 rings (SSSR count). The van der Waals surface area contributed by atoms with Crippen LogP contribution in [-0.2, 0) is 10.0 Å². The number of nitrogens with zero attached hydrogens (tertiary/aromatic N) is 1. The van der Waals surface area contributed by atoms with Crippen LogP contribution in [0, 0.1) is 18.7 Å². The van der Waals surface area contributed by atoms with Crippen LogP contribution in [0.2, 0.25) is 0 Å². The van der Waals surface area contributed by atoms with Gasteiger partial charge in [0, 0.05) is 19.7 Å². The molecule has 21 heavy (non-hydrogen) atoms. The first-order valence-electron chi connectivity index (χ1n) is 7.21. The number of aliphatic hydroxyl groups is 1. The lowest BCUT2D eigenvalue weighted by molar-refractivity contribution is 0.159. The van der Waals surface area contributed by atoms with Gasteiger partial charge in [0.2, 0.25) is 10.0 Å². The van der Waals surface area contributed by atoms with Gasteiger partial charge in [-0.15, -0.1) is 0 Å². The van der Waals surface area contributed by atoms with E-state index in [4.69, 9.17) is 5.11 Å². The van der Waals surface area contributed by atoms with Crippen LogP contribution in [0.3, 0.4) is 0 Å². The molecule has 0 atom stereocenters. The average Bonchev–Trinajstić information content (AvgIpc) is 2.46. The Morgan fingerprint density at radius 1 is 1.29 bits per heavy atom. The lowest BCUT2D eigenvalue weighted by Gasteiger charge is -2.33. The van der Waals surface area contributed by atoms with Crippen LogP contribution in [0.25, 0.3) is 0 Å². The Kier molecular flexibility index (Phi) is 5.01. The van der Waals surface area contributed by atoms with E-state index in [9.17, 15) is 12.8 Å². The molecule has 1 saturated carbocycles. The van der Waals surface area contributed by atoms with Gasteiger partial charge < -0.3 is 5.11 Å². The fourth-order valence-electron chi connectivity index (χ4n) is 2.86. The molecule has 0 aromatic heterocycles. The summed E-state index contributed by atoms with van der Waals surface area (Å²) in [4.78, 5) is -0.264. The van der Waals surface area contributed by atoms with Crippen molar-refractivity contribution in [2.75, 3.05) is 13.7 Å². The van der Waals surface area contributed by atoms with E-state index >= 15 is 0 Å². The van der Waals surface area contributed by atoms with Gasteiger partial charge in [0.15, 0.2) is 0 Å². The highest BCUT2D eigenvalue weighted by Crippen LogP contribution is 2.30. The Bertz CT molecular complexity index is 595. The van der Waals surface area contributed by atoms with Crippen LogP contribution in [-0.4, -0.2) is 37.5 Å². The van der Waals surface area contributed by atoms with E-state index < -0.39 is 15.8 Å². The van der Waals surface area contributed by atoms with Crippen LogP contribution in [0.15, 0.2) is 23.1 Å². The maximum Gasteiger partial charge on any atom is 0.245 e. The quantitative estimate of drug-likeness (QED) is 0.927. The SMILES string of the molecule is Cc1ccc(S(=O)(=O)N(C)C2CCC(CO)CC2)c(F)c1. The molecular weight excluding hydrogens is 293 g/mol. The summed E-state index contributed by atoms with van der Waals surface area (Å²) in [6, 6.07) is 4.05. The Labute approximate surface area is 125 Å². The summed E-state index contributed by atoms with van der Waals surface area (Å²) in [5, 5.41) is 9.13. The van der Waals surface area contributed by atoms with Gasteiger partial charge in [-0.3, -0.25) is 0 Å². The zero-order valence-electron chi connectivity index (χ0n) is 12.4. The molecule has 118 valence electrons. The number of hydrogen-bond acceptors (Lipinski definition) is 3. The molecule has 1 N–H and O–H groups in total. The number of aliphatic hydroxyl groups excluding tert-OH is 1. The summed E-state index contributed by atoms with van der Waals surface area (Å²) < 4.78 is 40.3. The van der Waals surface area contributed by atoms with Crippen molar-refractivity contribution in [3.8, 4) is 0 Å². The van der Waals surface area contributed by atoms with Crippen molar-refractivity contribution in [3.05, 3.63) is 29.6 Å². The number of hydrogen-bond donors (Lipinski definition) is 1. The number of rotatable bonds is 4. The van der Waals surface area contributed by atoms with Crippen molar-refractivity contribution in [2.24, 2.45) is 5.92 Å². The second-order valence-corrected chi connectivity index (χ2v) is 7.78. The summed E-state index contributed by atoms with van der Waals surface area (Å²) >= 11 is 0. The molecule has 0 amide bonds. The molecule has 0 saturated heterocycles. The van der Waals surface area contributed by atoms with Crippen molar-refractivity contribution >= 4 is 10.0 Å². The summed E-state index contributed by atoms with van der Waals surface area (Å²) in [6.45, 7) is 1.87. The van der Waals surface area contributed by atoms with Crippen LogP contribution < -0.4 is 0 Å². The standard InChI is InChI=1S/C15H22FNO3S/c1-11-3-8-15(14(16)9-11)21(19,20)17(2)13-6-4-12(10-18)5-7-13/h3,8-9,12-13,18H,4-7,10H2,1-2H3. The lowest BCUT2D eigenvalue weighted by atomic mass is 9.87.